The van der Waals surface area contributed by atoms with Crippen molar-refractivity contribution >= 4 is 48.5 Å². The highest BCUT2D eigenvalue weighted by atomic mass is 32.2. The van der Waals surface area contributed by atoms with Gasteiger partial charge in [0.15, 0.2) is 5.78 Å². The number of benzene rings is 2. The summed E-state index contributed by atoms with van der Waals surface area (Å²) in [6.07, 6.45) is 2.53. The summed E-state index contributed by atoms with van der Waals surface area (Å²) in [5.41, 5.74) is 3.61. The quantitative estimate of drug-likeness (QED) is 0.437. The Morgan fingerprint density at radius 3 is 2.55 bits per heavy atom. The molecular formula is C22H22N2O6S. The van der Waals surface area contributed by atoms with Crippen molar-refractivity contribution in [2.75, 3.05) is 26.6 Å². The first-order valence-corrected chi connectivity index (χ1v) is 11.4. The van der Waals surface area contributed by atoms with Crippen LogP contribution in [-0.4, -0.2) is 50.7 Å². The Bertz CT molecular complexity index is 1440. The van der Waals surface area contributed by atoms with Crippen LogP contribution < -0.4 is 8.92 Å². The first-order valence-electron chi connectivity index (χ1n) is 9.56. The van der Waals surface area contributed by atoms with E-state index in [0.717, 1.165) is 44.6 Å². The molecule has 4 aromatic rings. The largest absolute Gasteiger partial charge is 0.486 e. The van der Waals surface area contributed by atoms with Crippen molar-refractivity contribution < 1.29 is 26.9 Å². The Hall–Kier alpha value is -3.17. The molecule has 0 atom stereocenters. The van der Waals surface area contributed by atoms with Crippen LogP contribution in [0.4, 0.5) is 0 Å². The van der Waals surface area contributed by atoms with Gasteiger partial charge >= 0.3 is 10.1 Å². The summed E-state index contributed by atoms with van der Waals surface area (Å²) in [5, 5.41) is 3.30. The van der Waals surface area contributed by atoms with E-state index in [2.05, 4.69) is 9.97 Å². The molecule has 2 aromatic carbocycles. The second kappa shape index (κ2) is 7.82. The van der Waals surface area contributed by atoms with Gasteiger partial charge in [0, 0.05) is 35.0 Å². The zero-order valence-electron chi connectivity index (χ0n) is 17.6. The van der Waals surface area contributed by atoms with E-state index in [0.29, 0.717) is 11.1 Å². The number of aromatic nitrogens is 2. The maximum absolute atomic E-state index is 11.8. The van der Waals surface area contributed by atoms with Crippen molar-refractivity contribution in [2.24, 2.45) is 0 Å². The number of H-pyrrole nitrogens is 1. The molecule has 0 unspecified atom stereocenters. The van der Waals surface area contributed by atoms with Gasteiger partial charge in [0.2, 0.25) is 5.88 Å². The van der Waals surface area contributed by atoms with Gasteiger partial charge in [-0.3, -0.25) is 4.79 Å². The third-order valence-electron chi connectivity index (χ3n) is 5.15. The maximum Gasteiger partial charge on any atom is 0.307 e. The summed E-state index contributed by atoms with van der Waals surface area (Å²) >= 11 is 0. The Balaban J connectivity index is 1.93. The fourth-order valence-electron chi connectivity index (χ4n) is 3.88. The molecule has 162 valence electrons. The number of nitrogens with one attached hydrogen (secondary N) is 1. The molecule has 0 spiro atoms. The van der Waals surface area contributed by atoms with E-state index in [9.17, 15) is 13.2 Å². The van der Waals surface area contributed by atoms with Crippen LogP contribution in [0.25, 0.3) is 32.6 Å². The molecule has 0 fully saturated rings. The van der Waals surface area contributed by atoms with Crippen LogP contribution >= 0.6 is 0 Å². The average molecular weight is 442 g/mol. The summed E-state index contributed by atoms with van der Waals surface area (Å²) in [7, 11) is -2.28. The van der Waals surface area contributed by atoms with Crippen LogP contribution in [0.5, 0.6) is 11.6 Å². The molecule has 0 aliphatic carbocycles. The standard InChI is InChI=1S/C22H22N2O6S/c1-12-16-7-8-23-22(30-31(4,26)27)20(16)13(2)19-17-9-15(29-11-14(25)10-28-3)5-6-18(17)24-21(12)19/h5-9,24H,10-11H2,1-4H3. The zero-order valence-corrected chi connectivity index (χ0v) is 18.4. The SMILES string of the molecule is COCC(=O)COc1ccc2[nH]c3c(C)c4ccnc(OS(C)(=O)=O)c4c(C)c3c2c1. The van der Waals surface area contributed by atoms with Gasteiger partial charge < -0.3 is 18.6 Å². The number of nitrogens with zero attached hydrogens (tertiary/aromatic N) is 1. The van der Waals surface area contributed by atoms with E-state index in [1.165, 1.54) is 13.3 Å². The number of methoxy groups -OCH3 is 1. The molecule has 0 saturated carbocycles. The van der Waals surface area contributed by atoms with Gasteiger partial charge in [-0.05, 0) is 54.6 Å². The Morgan fingerprint density at radius 1 is 1.06 bits per heavy atom. The van der Waals surface area contributed by atoms with Crippen LogP contribution in [0.3, 0.4) is 0 Å². The molecule has 2 aromatic heterocycles. The number of carbonyl (C=O) groups excluding carboxylic acids is 1. The number of rotatable bonds is 7. The number of fused-ring (bicyclic) bond motifs is 4. The van der Waals surface area contributed by atoms with Gasteiger partial charge in [-0.15, -0.1) is 0 Å². The molecule has 0 aliphatic heterocycles. The fourth-order valence-corrected chi connectivity index (χ4v) is 4.29. The van der Waals surface area contributed by atoms with Gasteiger partial charge in [-0.1, -0.05) is 0 Å². The van der Waals surface area contributed by atoms with E-state index in [4.69, 9.17) is 13.7 Å². The zero-order chi connectivity index (χ0) is 22.3. The van der Waals surface area contributed by atoms with Crippen molar-refractivity contribution in [1.29, 1.82) is 0 Å². The molecule has 0 saturated heterocycles. The second-order valence-corrected chi connectivity index (χ2v) is 8.99. The lowest BCUT2D eigenvalue weighted by Gasteiger charge is -2.12. The maximum atomic E-state index is 11.8. The predicted octanol–water partition coefficient (Wildman–Crippen LogP) is 3.42. The Morgan fingerprint density at radius 2 is 1.84 bits per heavy atom. The lowest BCUT2D eigenvalue weighted by Crippen LogP contribution is -2.16. The molecular weight excluding hydrogens is 420 g/mol. The monoisotopic (exact) mass is 442 g/mol. The normalized spacial score (nSPS) is 12.0. The number of carbonyl (C=O) groups is 1. The van der Waals surface area contributed by atoms with Crippen molar-refractivity contribution in [1.82, 2.24) is 9.97 Å². The van der Waals surface area contributed by atoms with Gasteiger partial charge in [0.05, 0.1) is 11.8 Å². The summed E-state index contributed by atoms with van der Waals surface area (Å²) in [5.74, 6) is 0.441. The molecule has 0 aliphatic rings. The summed E-state index contributed by atoms with van der Waals surface area (Å²) in [6, 6.07) is 7.39. The average Bonchev–Trinajstić information content (AvgIpc) is 3.09. The van der Waals surface area contributed by atoms with Gasteiger partial charge in [-0.25, -0.2) is 4.98 Å². The molecule has 0 amide bonds. The van der Waals surface area contributed by atoms with Crippen molar-refractivity contribution in [3.05, 3.63) is 41.6 Å². The number of ketones is 1. The lowest BCUT2D eigenvalue weighted by molar-refractivity contribution is -0.124. The van der Waals surface area contributed by atoms with Crippen molar-refractivity contribution in [3.63, 3.8) is 0 Å². The third kappa shape index (κ3) is 3.94. The molecule has 31 heavy (non-hydrogen) atoms. The summed E-state index contributed by atoms with van der Waals surface area (Å²) in [6.45, 7) is 3.78. The first-order chi connectivity index (χ1) is 14.7. The highest BCUT2D eigenvalue weighted by molar-refractivity contribution is 7.86. The van der Waals surface area contributed by atoms with Crippen LogP contribution in [-0.2, 0) is 19.6 Å². The molecule has 4 rings (SSSR count). The third-order valence-corrected chi connectivity index (χ3v) is 5.61. The molecule has 0 radical (unpaired) electrons. The Labute approximate surface area is 179 Å². The minimum Gasteiger partial charge on any atom is -0.486 e. The topological polar surface area (TPSA) is 108 Å². The predicted molar refractivity (Wildman–Crippen MR) is 118 cm³/mol. The highest BCUT2D eigenvalue weighted by Gasteiger charge is 2.19. The van der Waals surface area contributed by atoms with E-state index >= 15 is 0 Å². The molecule has 2 heterocycles. The van der Waals surface area contributed by atoms with Crippen molar-refractivity contribution in [3.8, 4) is 11.6 Å². The minimum absolute atomic E-state index is 0.00423. The van der Waals surface area contributed by atoms with Crippen LogP contribution in [0.2, 0.25) is 0 Å². The fraction of sp³-hybridized carbons (Fsp3) is 0.273. The highest BCUT2D eigenvalue weighted by Crippen LogP contribution is 2.40. The van der Waals surface area contributed by atoms with Crippen molar-refractivity contribution in [2.45, 2.75) is 13.8 Å². The van der Waals surface area contributed by atoms with Crippen LogP contribution in [0.1, 0.15) is 11.1 Å². The molecule has 9 heteroatoms. The van der Waals surface area contributed by atoms with Crippen LogP contribution in [0.15, 0.2) is 30.5 Å². The van der Waals surface area contributed by atoms with E-state index in [1.807, 2.05) is 32.0 Å². The second-order valence-electron chi connectivity index (χ2n) is 7.42. The molecule has 0 bridgehead atoms. The Kier molecular flexibility index (Phi) is 5.32. The number of hydrogen-bond acceptors (Lipinski definition) is 7. The lowest BCUT2D eigenvalue weighted by atomic mass is 9.96. The van der Waals surface area contributed by atoms with E-state index in [-0.39, 0.29) is 24.9 Å². The minimum atomic E-state index is -3.74. The number of Topliss-reactive ketones (excluding diaryl/α,β-unsaturated/α-hetero) is 1. The number of pyridine rings is 1. The number of ether oxygens (including phenoxy) is 2. The van der Waals surface area contributed by atoms with Crippen LogP contribution in [0, 0.1) is 13.8 Å². The number of aromatic amines is 1. The molecule has 8 nitrogen and oxygen atoms in total. The smallest absolute Gasteiger partial charge is 0.307 e. The number of aryl methyl sites for hydroxylation is 2. The first kappa shape index (κ1) is 21.1. The summed E-state index contributed by atoms with van der Waals surface area (Å²) < 4.78 is 39.2. The van der Waals surface area contributed by atoms with Gasteiger partial charge in [-0.2, -0.15) is 8.42 Å². The summed E-state index contributed by atoms with van der Waals surface area (Å²) in [4.78, 5) is 19.3. The van der Waals surface area contributed by atoms with Gasteiger partial charge in [0.25, 0.3) is 0 Å². The van der Waals surface area contributed by atoms with E-state index < -0.39 is 10.1 Å². The van der Waals surface area contributed by atoms with Gasteiger partial charge in [0.1, 0.15) is 19.0 Å². The molecule has 1 N–H and O–H groups in total. The number of hydrogen-bond donors (Lipinski definition) is 1. The van der Waals surface area contributed by atoms with E-state index in [1.54, 1.807) is 6.07 Å².